The number of carbonyl (C=O) groups excluding carboxylic acids is 8. The monoisotopic (exact) mass is 1030 g/mol. The highest BCUT2D eigenvalue weighted by Crippen LogP contribution is 2.20. The van der Waals surface area contributed by atoms with E-state index in [0.717, 1.165) is 17.8 Å². The van der Waals surface area contributed by atoms with E-state index in [0.29, 0.717) is 30.5 Å². The lowest BCUT2D eigenvalue weighted by molar-refractivity contribution is -0.143. The number of fused-ring (bicyclic) bond motifs is 1. The number of hydrogen-bond acceptors (Lipinski definition) is 15. The zero-order valence-corrected chi connectivity index (χ0v) is 41.9. The Hall–Kier alpha value is -7.00. The first kappa shape index (κ1) is 60.3. The van der Waals surface area contributed by atoms with E-state index in [1.54, 1.807) is 58.2 Å². The summed E-state index contributed by atoms with van der Waals surface area (Å²) in [4.78, 5) is 131. The number of carbonyl (C=O) groups is 9. The van der Waals surface area contributed by atoms with Gasteiger partial charge in [0, 0.05) is 41.8 Å². The molecule has 2 heterocycles. The lowest BCUT2D eigenvalue weighted by atomic mass is 9.97. The van der Waals surface area contributed by atoms with Crippen LogP contribution < -0.4 is 54.0 Å². The van der Waals surface area contributed by atoms with Crippen molar-refractivity contribution in [2.75, 3.05) is 19.7 Å². The number of H-pyrrole nitrogens is 2. The van der Waals surface area contributed by atoms with Crippen LogP contribution >= 0.6 is 0 Å². The van der Waals surface area contributed by atoms with Crippen molar-refractivity contribution in [1.82, 2.24) is 57.5 Å². The molecule has 2 aromatic heterocycles. The molecule has 0 spiro atoms. The average molecular weight is 1030 g/mol. The Balaban J connectivity index is 1.87. The quantitative estimate of drug-likeness (QED) is 0.0275. The van der Waals surface area contributed by atoms with Crippen molar-refractivity contribution in [2.45, 2.75) is 141 Å². The number of hydrogen-bond donors (Lipinski definition) is 16. The Morgan fingerprint density at radius 2 is 1.15 bits per heavy atom. The van der Waals surface area contributed by atoms with E-state index in [-0.39, 0.29) is 25.8 Å². The van der Waals surface area contributed by atoms with E-state index in [4.69, 9.17) is 11.5 Å². The van der Waals surface area contributed by atoms with Gasteiger partial charge in [-0.2, -0.15) is 0 Å². The van der Waals surface area contributed by atoms with Gasteiger partial charge in [-0.3, -0.25) is 38.4 Å². The molecule has 73 heavy (non-hydrogen) atoms. The molecule has 0 aliphatic carbocycles. The standard InChI is InChI=1S/C47H73N13O13/c1-7-24(4)37(57-35(64)18-49)44(69)54-32(16-27-19-51-30-13-9-8-12-29(27)30)42(67)59-39(26(6)63)46(71)55-33(17-28-20-50-22-52-28)41(66)56-34(21-61)43(68)60-38(25(5)62)45(70)53-31(14-10-11-15-48)40(65)58-36(23(2)3)47(72)73/h8-9,12-13,19-20,22-26,31-34,36-39,51,61-63H,7,10-11,14-18,21,48-49H2,1-6H3,(H,50,52)(H,53,70)(H,54,69)(H,55,71)(H,56,66)(H,57,64)(H,58,65)(H,59,67)(H,60,68)(H,72,73)/t24-,25+,26+,31-,32-,33-,34-,36-,37-,38-,39-/m0/s1. The van der Waals surface area contributed by atoms with Crippen LogP contribution in [-0.2, 0) is 56.0 Å². The molecule has 18 N–H and O–H groups in total. The maximum Gasteiger partial charge on any atom is 0.326 e. The number of carboxylic acids is 1. The summed E-state index contributed by atoms with van der Waals surface area (Å²) < 4.78 is 0. The topological polar surface area (TPSA) is 427 Å². The number of benzene rings is 1. The largest absolute Gasteiger partial charge is 0.480 e. The van der Waals surface area contributed by atoms with Gasteiger partial charge >= 0.3 is 5.97 Å². The summed E-state index contributed by atoms with van der Waals surface area (Å²) in [6.45, 7) is 7.79. The van der Waals surface area contributed by atoms with E-state index in [9.17, 15) is 63.6 Å². The van der Waals surface area contributed by atoms with E-state index in [1.807, 2.05) is 0 Å². The van der Waals surface area contributed by atoms with E-state index >= 15 is 0 Å². The van der Waals surface area contributed by atoms with Crippen molar-refractivity contribution in [1.29, 1.82) is 0 Å². The minimum absolute atomic E-state index is 0.00944. The van der Waals surface area contributed by atoms with Crippen LogP contribution in [0.3, 0.4) is 0 Å². The molecule has 3 aromatic rings. The van der Waals surface area contributed by atoms with Crippen LogP contribution in [-0.4, -0.2) is 169 Å². The number of unbranched alkanes of at least 4 members (excludes halogenated alkanes) is 1. The van der Waals surface area contributed by atoms with Crippen LogP contribution in [0.5, 0.6) is 0 Å². The highest BCUT2D eigenvalue weighted by atomic mass is 16.4. The first-order chi connectivity index (χ1) is 34.6. The van der Waals surface area contributed by atoms with Gasteiger partial charge in [0.25, 0.3) is 0 Å². The molecule has 0 aliphatic heterocycles. The molecule has 0 bridgehead atoms. The number of carboxylic acid groups (broad SMARTS) is 1. The van der Waals surface area contributed by atoms with Crippen LogP contribution in [0.15, 0.2) is 43.0 Å². The Morgan fingerprint density at radius 1 is 0.630 bits per heavy atom. The number of aromatic amines is 2. The third-order valence-corrected chi connectivity index (χ3v) is 12.1. The molecule has 0 saturated carbocycles. The van der Waals surface area contributed by atoms with Crippen molar-refractivity contribution < 1.29 is 63.6 Å². The van der Waals surface area contributed by atoms with Crippen LogP contribution in [0.1, 0.15) is 78.5 Å². The average Bonchev–Trinajstić information content (AvgIpc) is 4.03. The number of para-hydroxylation sites is 1. The number of aromatic nitrogens is 3. The highest BCUT2D eigenvalue weighted by Gasteiger charge is 2.37. The second-order valence-electron chi connectivity index (χ2n) is 18.2. The number of aliphatic hydroxyl groups is 3. The van der Waals surface area contributed by atoms with Gasteiger partial charge in [0.1, 0.15) is 48.3 Å². The normalized spacial score (nSPS) is 15.9. The van der Waals surface area contributed by atoms with Crippen molar-refractivity contribution in [3.63, 3.8) is 0 Å². The number of nitrogens with zero attached hydrogens (tertiary/aromatic N) is 1. The fraction of sp³-hybridized carbons (Fsp3) is 0.574. The third kappa shape index (κ3) is 18.2. The molecule has 0 unspecified atom stereocenters. The first-order valence-electron chi connectivity index (χ1n) is 24.1. The van der Waals surface area contributed by atoms with Gasteiger partial charge in [-0.15, -0.1) is 0 Å². The Labute approximate surface area is 422 Å². The van der Waals surface area contributed by atoms with E-state index in [1.165, 1.54) is 19.4 Å². The minimum atomic E-state index is -1.83. The van der Waals surface area contributed by atoms with Gasteiger partial charge in [0.05, 0.1) is 31.7 Å². The molecule has 404 valence electrons. The minimum Gasteiger partial charge on any atom is -0.480 e. The number of nitrogens with one attached hydrogen (secondary N) is 10. The first-order valence-corrected chi connectivity index (χ1v) is 24.1. The van der Waals surface area contributed by atoms with Gasteiger partial charge in [-0.1, -0.05) is 52.3 Å². The molecule has 8 amide bonds. The smallest absolute Gasteiger partial charge is 0.326 e. The number of aliphatic carboxylic acids is 1. The van der Waals surface area contributed by atoms with E-state index in [2.05, 4.69) is 57.5 Å². The summed E-state index contributed by atoms with van der Waals surface area (Å²) >= 11 is 0. The summed E-state index contributed by atoms with van der Waals surface area (Å²) in [7, 11) is 0. The number of nitrogens with two attached hydrogens (primary N) is 2. The molecule has 0 radical (unpaired) electrons. The molecule has 1 aromatic carbocycles. The van der Waals surface area contributed by atoms with Crippen molar-refractivity contribution in [3.05, 3.63) is 54.2 Å². The molecule has 0 fully saturated rings. The predicted octanol–water partition coefficient (Wildman–Crippen LogP) is -3.82. The Bertz CT molecular complexity index is 2320. The number of aliphatic hydroxyl groups excluding tert-OH is 3. The lowest BCUT2D eigenvalue weighted by Crippen LogP contribution is -2.63. The molecule has 26 heteroatoms. The van der Waals surface area contributed by atoms with Crippen molar-refractivity contribution >= 4 is 64.1 Å². The molecule has 3 rings (SSSR count). The number of rotatable bonds is 31. The molecular weight excluding hydrogens is 955 g/mol. The molecule has 0 saturated heterocycles. The van der Waals surface area contributed by atoms with Gasteiger partial charge in [-0.05, 0) is 63.1 Å². The third-order valence-electron chi connectivity index (χ3n) is 12.1. The Morgan fingerprint density at radius 3 is 1.67 bits per heavy atom. The SMILES string of the molecule is CC[C@H](C)[C@H](NC(=O)CN)C(=O)N[C@@H](Cc1c[nH]c2ccccc12)C(=O)N[C@H](C(=O)N[C@@H](Cc1cnc[nH]1)C(=O)N[C@@H](CO)C(=O)N[C@H](C(=O)N[C@@H](CCCCN)C(=O)N[C@H](C(=O)O)C(C)C)[C@@H](C)O)[C@@H](C)O. The summed E-state index contributed by atoms with van der Waals surface area (Å²) in [5, 5.41) is 61.8. The summed E-state index contributed by atoms with van der Waals surface area (Å²) in [5.74, 6) is -9.80. The molecular formula is C47H73N13O13. The predicted molar refractivity (Wildman–Crippen MR) is 264 cm³/mol. The second-order valence-corrected chi connectivity index (χ2v) is 18.2. The van der Waals surface area contributed by atoms with E-state index < -0.39 is 139 Å². The van der Waals surface area contributed by atoms with Crippen molar-refractivity contribution in [3.8, 4) is 0 Å². The zero-order valence-electron chi connectivity index (χ0n) is 41.9. The molecule has 26 nitrogen and oxygen atoms in total. The fourth-order valence-corrected chi connectivity index (χ4v) is 7.59. The number of imidazole rings is 1. The summed E-state index contributed by atoms with van der Waals surface area (Å²) in [6, 6.07) is -4.97. The maximum atomic E-state index is 14.3. The van der Waals surface area contributed by atoms with Crippen LogP contribution in [0.4, 0.5) is 0 Å². The zero-order chi connectivity index (χ0) is 54.5. The van der Waals surface area contributed by atoms with Gasteiger partial charge in [0.2, 0.25) is 47.3 Å². The molecule has 0 aliphatic rings. The van der Waals surface area contributed by atoms with Crippen LogP contribution in [0.25, 0.3) is 10.9 Å². The Kier molecular flexibility index (Phi) is 24.4. The lowest BCUT2D eigenvalue weighted by Gasteiger charge is -2.29. The maximum absolute atomic E-state index is 14.3. The fourth-order valence-electron chi connectivity index (χ4n) is 7.59. The summed E-state index contributed by atoms with van der Waals surface area (Å²) in [6.07, 6.45) is 1.81. The van der Waals surface area contributed by atoms with Crippen molar-refractivity contribution in [2.24, 2.45) is 23.3 Å². The van der Waals surface area contributed by atoms with Gasteiger partial charge < -0.3 is 84.4 Å². The van der Waals surface area contributed by atoms with Gasteiger partial charge in [0.15, 0.2) is 0 Å². The highest BCUT2D eigenvalue weighted by molar-refractivity contribution is 5.98. The second kappa shape index (κ2) is 29.5. The van der Waals surface area contributed by atoms with Gasteiger partial charge in [-0.25, -0.2) is 9.78 Å². The van der Waals surface area contributed by atoms with Crippen LogP contribution in [0.2, 0.25) is 0 Å². The summed E-state index contributed by atoms with van der Waals surface area (Å²) in [5.41, 5.74) is 12.7. The number of amides is 8. The molecule has 11 atom stereocenters. The van der Waals surface area contributed by atoms with Crippen LogP contribution in [0, 0.1) is 11.8 Å².